The summed E-state index contributed by atoms with van der Waals surface area (Å²) in [7, 11) is 0. The van der Waals surface area contributed by atoms with Crippen molar-refractivity contribution >= 4 is 21.8 Å². The van der Waals surface area contributed by atoms with Gasteiger partial charge in [-0.1, -0.05) is 55.5 Å². The van der Waals surface area contributed by atoms with Crippen molar-refractivity contribution in [1.82, 2.24) is 14.5 Å². The maximum absolute atomic E-state index is 4.83. The van der Waals surface area contributed by atoms with E-state index in [-0.39, 0.29) is 0 Å². The standard InChI is InChI=1S/C25H23N4/c1-2-25-28(17-21-13-11-19-7-3-5-9-23(19)26-21)15-16-29(25)18-22-14-12-20-8-4-6-10-24(20)27-22/h3-16H,2,17-18H2,1H3/q+1. The Morgan fingerprint density at radius 2 is 1.38 bits per heavy atom. The molecule has 2 aromatic carbocycles. The fraction of sp³-hybridized carbons (Fsp3) is 0.160. The van der Waals surface area contributed by atoms with Crippen molar-refractivity contribution < 1.29 is 4.57 Å². The zero-order chi connectivity index (χ0) is 19.6. The lowest BCUT2D eigenvalue weighted by atomic mass is 10.2. The molecule has 0 fully saturated rings. The van der Waals surface area contributed by atoms with E-state index in [0.29, 0.717) is 0 Å². The average molecular weight is 379 g/mol. The van der Waals surface area contributed by atoms with Gasteiger partial charge in [0.15, 0.2) is 0 Å². The monoisotopic (exact) mass is 379 g/mol. The lowest BCUT2D eigenvalue weighted by Crippen LogP contribution is -2.38. The van der Waals surface area contributed by atoms with E-state index in [9.17, 15) is 0 Å². The molecule has 29 heavy (non-hydrogen) atoms. The summed E-state index contributed by atoms with van der Waals surface area (Å²) in [4.78, 5) is 9.66. The number of rotatable bonds is 5. The van der Waals surface area contributed by atoms with Crippen LogP contribution in [0.5, 0.6) is 0 Å². The van der Waals surface area contributed by atoms with Gasteiger partial charge in [0.2, 0.25) is 0 Å². The van der Waals surface area contributed by atoms with Crippen molar-refractivity contribution in [3.63, 3.8) is 0 Å². The highest BCUT2D eigenvalue weighted by Gasteiger charge is 2.17. The van der Waals surface area contributed by atoms with Gasteiger partial charge in [-0.15, -0.1) is 0 Å². The molecule has 4 nitrogen and oxygen atoms in total. The van der Waals surface area contributed by atoms with E-state index in [0.717, 1.165) is 41.9 Å². The Balaban J connectivity index is 1.43. The first kappa shape index (κ1) is 17.6. The van der Waals surface area contributed by atoms with Gasteiger partial charge in [-0.3, -0.25) is 0 Å². The molecular formula is C25H23N4+. The molecule has 0 amide bonds. The lowest BCUT2D eigenvalue weighted by Gasteiger charge is -2.05. The Morgan fingerprint density at radius 1 is 0.759 bits per heavy atom. The normalized spacial score (nSPS) is 11.3. The van der Waals surface area contributed by atoms with Gasteiger partial charge in [0.1, 0.15) is 25.5 Å². The first-order chi connectivity index (χ1) is 14.3. The number of benzene rings is 2. The van der Waals surface area contributed by atoms with Gasteiger partial charge in [-0.25, -0.2) is 19.1 Å². The van der Waals surface area contributed by atoms with Crippen LogP contribution >= 0.6 is 0 Å². The molecule has 5 aromatic rings. The molecule has 0 N–H and O–H groups in total. The number of imidazole rings is 1. The molecule has 0 bridgehead atoms. The van der Waals surface area contributed by atoms with Gasteiger partial charge in [0.05, 0.1) is 22.4 Å². The van der Waals surface area contributed by atoms with Gasteiger partial charge in [0, 0.05) is 17.2 Å². The second-order valence-electron chi connectivity index (χ2n) is 7.31. The summed E-state index contributed by atoms with van der Waals surface area (Å²) in [5, 5.41) is 2.36. The Hall–Kier alpha value is -3.53. The van der Waals surface area contributed by atoms with Crippen molar-refractivity contribution in [1.29, 1.82) is 0 Å². The fourth-order valence-corrected chi connectivity index (χ4v) is 3.93. The molecule has 0 radical (unpaired) electrons. The van der Waals surface area contributed by atoms with E-state index >= 15 is 0 Å². The van der Waals surface area contributed by atoms with Crippen LogP contribution in [0.15, 0.2) is 85.2 Å². The summed E-state index contributed by atoms with van der Waals surface area (Å²) in [6, 6.07) is 25.1. The third-order valence-electron chi connectivity index (χ3n) is 5.38. The van der Waals surface area contributed by atoms with Crippen LogP contribution in [-0.4, -0.2) is 14.5 Å². The second-order valence-corrected chi connectivity index (χ2v) is 7.31. The molecule has 0 unspecified atom stereocenters. The summed E-state index contributed by atoms with van der Waals surface area (Å²) >= 11 is 0. The maximum atomic E-state index is 4.83. The van der Waals surface area contributed by atoms with Crippen molar-refractivity contribution in [2.45, 2.75) is 26.4 Å². The molecule has 0 aliphatic heterocycles. The minimum absolute atomic E-state index is 0.770. The van der Waals surface area contributed by atoms with E-state index in [1.807, 2.05) is 12.1 Å². The van der Waals surface area contributed by atoms with Crippen LogP contribution in [0.3, 0.4) is 0 Å². The van der Waals surface area contributed by atoms with Crippen LogP contribution in [0.25, 0.3) is 21.8 Å². The minimum atomic E-state index is 0.770. The highest BCUT2D eigenvalue weighted by molar-refractivity contribution is 5.79. The van der Waals surface area contributed by atoms with Crippen LogP contribution < -0.4 is 4.57 Å². The van der Waals surface area contributed by atoms with Crippen LogP contribution in [0.4, 0.5) is 0 Å². The number of pyridine rings is 2. The Labute approximate surface area is 170 Å². The van der Waals surface area contributed by atoms with Crippen molar-refractivity contribution in [2.24, 2.45) is 0 Å². The van der Waals surface area contributed by atoms with E-state index in [4.69, 9.17) is 9.97 Å². The molecule has 0 saturated heterocycles. The quantitative estimate of drug-likeness (QED) is 0.421. The number of para-hydroxylation sites is 2. The van der Waals surface area contributed by atoms with Crippen LogP contribution in [-0.2, 0) is 19.5 Å². The Morgan fingerprint density at radius 3 is 2.07 bits per heavy atom. The van der Waals surface area contributed by atoms with Gasteiger partial charge in [-0.05, 0) is 24.3 Å². The predicted octanol–water partition coefficient (Wildman–Crippen LogP) is 4.53. The van der Waals surface area contributed by atoms with Gasteiger partial charge < -0.3 is 0 Å². The summed E-state index contributed by atoms with van der Waals surface area (Å²) in [6.07, 6.45) is 5.25. The number of nitrogens with zero attached hydrogens (tertiary/aromatic N) is 4. The molecular weight excluding hydrogens is 356 g/mol. The second kappa shape index (κ2) is 7.47. The molecule has 0 atom stereocenters. The van der Waals surface area contributed by atoms with E-state index in [2.05, 4.69) is 89.1 Å². The molecule has 3 aromatic heterocycles. The highest BCUT2D eigenvalue weighted by Crippen LogP contribution is 2.14. The summed E-state index contributed by atoms with van der Waals surface area (Å²) in [6.45, 7) is 3.74. The third-order valence-corrected chi connectivity index (χ3v) is 5.38. The van der Waals surface area contributed by atoms with E-state index in [1.54, 1.807) is 0 Å². The lowest BCUT2D eigenvalue weighted by molar-refractivity contribution is -0.695. The SMILES string of the molecule is CCc1n(Cc2ccc3ccccc3n2)cc[n+]1Cc1ccc2ccccc2n1. The van der Waals surface area contributed by atoms with E-state index in [1.165, 1.54) is 16.6 Å². The van der Waals surface area contributed by atoms with Crippen LogP contribution in [0.1, 0.15) is 24.1 Å². The zero-order valence-corrected chi connectivity index (χ0v) is 16.5. The molecule has 4 heteroatoms. The largest absolute Gasteiger partial charge is 0.256 e. The molecule has 3 heterocycles. The summed E-state index contributed by atoms with van der Waals surface area (Å²) in [5.74, 6) is 1.27. The Kier molecular flexibility index (Phi) is 4.53. The summed E-state index contributed by atoms with van der Waals surface area (Å²) < 4.78 is 4.58. The Bertz CT molecular complexity index is 1200. The maximum Gasteiger partial charge on any atom is 0.256 e. The van der Waals surface area contributed by atoms with Crippen molar-refractivity contribution in [2.75, 3.05) is 0 Å². The molecule has 0 aliphatic rings. The summed E-state index contributed by atoms with van der Waals surface area (Å²) in [5.41, 5.74) is 4.24. The zero-order valence-electron chi connectivity index (χ0n) is 16.5. The molecule has 0 saturated carbocycles. The van der Waals surface area contributed by atoms with Crippen molar-refractivity contribution in [3.8, 4) is 0 Å². The van der Waals surface area contributed by atoms with Gasteiger partial charge in [0.25, 0.3) is 5.82 Å². The van der Waals surface area contributed by atoms with E-state index < -0.39 is 0 Å². The molecule has 142 valence electrons. The predicted molar refractivity (Wildman–Crippen MR) is 116 cm³/mol. The fourth-order valence-electron chi connectivity index (χ4n) is 3.93. The molecule has 5 rings (SSSR count). The third kappa shape index (κ3) is 3.49. The van der Waals surface area contributed by atoms with Crippen molar-refractivity contribution in [3.05, 3.63) is 102 Å². The number of hydrogen-bond donors (Lipinski definition) is 0. The van der Waals surface area contributed by atoms with Gasteiger partial charge in [-0.2, -0.15) is 0 Å². The molecule has 0 spiro atoms. The molecule has 0 aliphatic carbocycles. The topological polar surface area (TPSA) is 34.6 Å². The average Bonchev–Trinajstić information content (AvgIpc) is 3.14. The smallest absolute Gasteiger partial charge is 0.249 e. The number of aromatic nitrogens is 4. The van der Waals surface area contributed by atoms with Gasteiger partial charge >= 0.3 is 0 Å². The number of hydrogen-bond acceptors (Lipinski definition) is 2. The number of fused-ring (bicyclic) bond motifs is 2. The van der Waals surface area contributed by atoms with Crippen LogP contribution in [0, 0.1) is 0 Å². The minimum Gasteiger partial charge on any atom is -0.249 e. The first-order valence-electron chi connectivity index (χ1n) is 10.1. The highest BCUT2D eigenvalue weighted by atomic mass is 15.2. The van der Waals surface area contributed by atoms with Crippen LogP contribution in [0.2, 0.25) is 0 Å². The first-order valence-corrected chi connectivity index (χ1v) is 10.1.